The van der Waals surface area contributed by atoms with Crippen LogP contribution in [0.5, 0.6) is 0 Å². The van der Waals surface area contributed by atoms with Gasteiger partial charge in [0.25, 0.3) is 0 Å². The summed E-state index contributed by atoms with van der Waals surface area (Å²) in [6.07, 6.45) is 0. The molecule has 2 unspecified atom stereocenters. The van der Waals surface area contributed by atoms with Crippen molar-refractivity contribution in [1.29, 1.82) is 0 Å². The highest BCUT2D eigenvalue weighted by molar-refractivity contribution is 7.80. The number of alkyl halides is 1. The van der Waals surface area contributed by atoms with Gasteiger partial charge in [-0.2, -0.15) is 0 Å². The van der Waals surface area contributed by atoms with E-state index >= 15 is 0 Å². The molecule has 0 fully saturated rings. The summed E-state index contributed by atoms with van der Waals surface area (Å²) >= 11 is 9.33. The number of hydrogen-bond donors (Lipinski definition) is 1. The molecule has 0 aromatic carbocycles. The molecular formula is C4H9ClOS. The molecule has 44 valence electrons. The van der Waals surface area contributed by atoms with Crippen LogP contribution < -0.4 is 0 Å². The first-order valence-electron chi connectivity index (χ1n) is 2.10. The number of rotatable bonds is 2. The molecule has 0 aliphatic rings. The van der Waals surface area contributed by atoms with Gasteiger partial charge in [0, 0.05) is 0 Å². The molecule has 7 heavy (non-hydrogen) atoms. The van der Waals surface area contributed by atoms with Crippen LogP contribution in [0.2, 0.25) is 0 Å². The Bertz CT molecular complexity index is 41.0. The summed E-state index contributed by atoms with van der Waals surface area (Å²) in [7, 11) is 0. The average molecular weight is 141 g/mol. The van der Waals surface area contributed by atoms with Crippen molar-refractivity contribution in [3.8, 4) is 0 Å². The van der Waals surface area contributed by atoms with E-state index < -0.39 is 0 Å². The van der Waals surface area contributed by atoms with Gasteiger partial charge >= 0.3 is 0 Å². The van der Waals surface area contributed by atoms with Crippen LogP contribution in [0.1, 0.15) is 13.8 Å². The van der Waals surface area contributed by atoms with Gasteiger partial charge in [0.05, 0.1) is 5.44 Å². The fourth-order valence-electron chi connectivity index (χ4n) is 0.271. The maximum atomic E-state index is 5.40. The van der Waals surface area contributed by atoms with Crippen LogP contribution in [0, 0.1) is 0 Å². The fraction of sp³-hybridized carbons (Fsp3) is 1.00. The van der Waals surface area contributed by atoms with Crippen molar-refractivity contribution in [3.05, 3.63) is 0 Å². The van der Waals surface area contributed by atoms with E-state index in [0.29, 0.717) is 0 Å². The zero-order valence-corrected chi connectivity index (χ0v) is 6.04. The predicted molar refractivity (Wildman–Crippen MR) is 34.8 cm³/mol. The molecule has 2 atom stereocenters. The molecule has 0 amide bonds. The lowest BCUT2D eigenvalue weighted by molar-refractivity contribution is 0.110. The van der Waals surface area contributed by atoms with Gasteiger partial charge in [-0.1, -0.05) is 11.6 Å². The Labute approximate surface area is 54.4 Å². The standard InChI is InChI=1S/C4H9ClOS/c1-3(5)6-4(2)7/h3-4,7H,1-2H3. The Morgan fingerprint density at radius 1 is 1.57 bits per heavy atom. The normalized spacial score (nSPS) is 18.9. The molecule has 0 rings (SSSR count). The van der Waals surface area contributed by atoms with Crippen LogP contribution in [0.15, 0.2) is 0 Å². The highest BCUT2D eigenvalue weighted by atomic mass is 35.5. The van der Waals surface area contributed by atoms with Crippen molar-refractivity contribution < 1.29 is 4.74 Å². The third kappa shape index (κ3) is 6.60. The molecule has 0 aromatic rings. The minimum atomic E-state index is -0.229. The summed E-state index contributed by atoms with van der Waals surface area (Å²) in [5, 5.41) is 0. The molecule has 1 nitrogen and oxygen atoms in total. The van der Waals surface area contributed by atoms with Crippen molar-refractivity contribution in [3.63, 3.8) is 0 Å². The largest absolute Gasteiger partial charge is 0.349 e. The number of thiol groups is 1. The van der Waals surface area contributed by atoms with Crippen molar-refractivity contribution >= 4 is 24.2 Å². The first kappa shape index (κ1) is 7.60. The van der Waals surface area contributed by atoms with E-state index in [-0.39, 0.29) is 11.0 Å². The van der Waals surface area contributed by atoms with Crippen LogP contribution in [-0.4, -0.2) is 11.0 Å². The average Bonchev–Trinajstić information content (AvgIpc) is 1.27. The van der Waals surface area contributed by atoms with Gasteiger partial charge in [0.15, 0.2) is 0 Å². The topological polar surface area (TPSA) is 9.23 Å². The lowest BCUT2D eigenvalue weighted by atomic mass is 10.8. The van der Waals surface area contributed by atoms with E-state index in [0.717, 1.165) is 0 Å². The van der Waals surface area contributed by atoms with Gasteiger partial charge < -0.3 is 4.74 Å². The second-order valence-electron chi connectivity index (χ2n) is 1.28. The SMILES string of the molecule is CC(S)OC(C)Cl. The van der Waals surface area contributed by atoms with Crippen molar-refractivity contribution in [2.45, 2.75) is 24.8 Å². The van der Waals surface area contributed by atoms with Gasteiger partial charge in [-0.15, -0.1) is 12.6 Å². The third-order valence-corrected chi connectivity index (χ3v) is 0.609. The molecule has 0 N–H and O–H groups in total. The van der Waals surface area contributed by atoms with Gasteiger partial charge in [-0.05, 0) is 13.8 Å². The molecule has 0 saturated heterocycles. The maximum Gasteiger partial charge on any atom is 0.129 e. The lowest BCUT2D eigenvalue weighted by Crippen LogP contribution is -2.04. The van der Waals surface area contributed by atoms with E-state index in [4.69, 9.17) is 16.3 Å². The molecule has 0 aromatic heterocycles. The summed E-state index contributed by atoms with van der Waals surface area (Å²) in [6.45, 7) is 3.58. The van der Waals surface area contributed by atoms with Gasteiger partial charge in [-0.3, -0.25) is 0 Å². The molecule has 0 aliphatic carbocycles. The maximum absolute atomic E-state index is 5.40. The summed E-state index contributed by atoms with van der Waals surface area (Å²) in [5.74, 6) is 0. The van der Waals surface area contributed by atoms with E-state index in [9.17, 15) is 0 Å². The number of halogens is 1. The Morgan fingerprint density at radius 3 is 2.00 bits per heavy atom. The molecule has 0 heterocycles. The zero-order valence-electron chi connectivity index (χ0n) is 4.39. The molecule has 0 saturated carbocycles. The highest BCUT2D eigenvalue weighted by Crippen LogP contribution is 2.03. The van der Waals surface area contributed by atoms with Crippen LogP contribution >= 0.6 is 24.2 Å². The van der Waals surface area contributed by atoms with Gasteiger partial charge in [0.2, 0.25) is 0 Å². The smallest absolute Gasteiger partial charge is 0.129 e. The molecular weight excluding hydrogens is 132 g/mol. The monoisotopic (exact) mass is 140 g/mol. The van der Waals surface area contributed by atoms with Crippen molar-refractivity contribution in [2.75, 3.05) is 0 Å². The predicted octanol–water partition coefficient (Wildman–Crippen LogP) is 1.86. The number of ether oxygens (including phenoxy) is 1. The summed E-state index contributed by atoms with van der Waals surface area (Å²) < 4.78 is 4.88. The van der Waals surface area contributed by atoms with E-state index in [1.165, 1.54) is 0 Å². The van der Waals surface area contributed by atoms with E-state index in [1.54, 1.807) is 6.92 Å². The quantitative estimate of drug-likeness (QED) is 0.350. The fourth-order valence-corrected chi connectivity index (χ4v) is 0.680. The first-order valence-corrected chi connectivity index (χ1v) is 3.06. The van der Waals surface area contributed by atoms with Crippen molar-refractivity contribution in [1.82, 2.24) is 0 Å². The third-order valence-electron chi connectivity index (χ3n) is 0.384. The molecule has 0 spiro atoms. The van der Waals surface area contributed by atoms with Gasteiger partial charge in [-0.25, -0.2) is 0 Å². The van der Waals surface area contributed by atoms with Crippen molar-refractivity contribution in [2.24, 2.45) is 0 Å². The van der Waals surface area contributed by atoms with Gasteiger partial charge in [0.1, 0.15) is 5.56 Å². The first-order chi connectivity index (χ1) is 3.13. The minimum absolute atomic E-state index is 0.0625. The summed E-state index contributed by atoms with van der Waals surface area (Å²) in [6, 6.07) is 0. The summed E-state index contributed by atoms with van der Waals surface area (Å²) in [5.41, 5.74) is -0.292. The number of hydrogen-bond acceptors (Lipinski definition) is 2. The van der Waals surface area contributed by atoms with Crippen LogP contribution in [0.25, 0.3) is 0 Å². The highest BCUT2D eigenvalue weighted by Gasteiger charge is 1.97. The Morgan fingerprint density at radius 2 is 2.00 bits per heavy atom. The summed E-state index contributed by atoms with van der Waals surface area (Å²) in [4.78, 5) is 0. The second kappa shape index (κ2) is 3.58. The lowest BCUT2D eigenvalue weighted by Gasteiger charge is -2.06. The second-order valence-corrected chi connectivity index (χ2v) is 2.62. The zero-order chi connectivity index (χ0) is 5.86. The van der Waals surface area contributed by atoms with Crippen LogP contribution in [-0.2, 0) is 4.74 Å². The Balaban J connectivity index is 2.95. The molecule has 0 aliphatic heterocycles. The van der Waals surface area contributed by atoms with E-state index in [2.05, 4.69) is 12.6 Å². The van der Waals surface area contributed by atoms with E-state index in [1.807, 2.05) is 6.92 Å². The van der Waals surface area contributed by atoms with Crippen LogP contribution in [0.3, 0.4) is 0 Å². The molecule has 3 heteroatoms. The minimum Gasteiger partial charge on any atom is -0.349 e. The molecule has 0 bridgehead atoms. The van der Waals surface area contributed by atoms with Crippen LogP contribution in [0.4, 0.5) is 0 Å². The Hall–Kier alpha value is 0.600. The molecule has 0 radical (unpaired) electrons. The Kier molecular flexibility index (Phi) is 3.89.